The predicted molar refractivity (Wildman–Crippen MR) is 60.6 cm³/mol. The minimum Gasteiger partial charge on any atom is -0.354 e. The molecule has 0 aromatic heterocycles. The number of hydroxylamine groups is 1. The first-order valence-electron chi connectivity index (χ1n) is 5.27. The third-order valence-corrected chi connectivity index (χ3v) is 1.17. The van der Waals surface area contributed by atoms with Gasteiger partial charge in [0, 0.05) is 19.7 Å². The molecule has 0 aromatic rings. The van der Waals surface area contributed by atoms with E-state index in [1.54, 1.807) is 0 Å². The van der Waals surface area contributed by atoms with Crippen LogP contribution in [0.4, 0.5) is 0 Å². The maximum atomic E-state index is 5.01. The van der Waals surface area contributed by atoms with Gasteiger partial charge < -0.3 is 10.5 Å². The molecule has 0 unspecified atom stereocenters. The highest BCUT2D eigenvalue weighted by molar-refractivity contribution is 4.25. The fraction of sp³-hybridized carbons (Fsp3) is 1.00. The van der Waals surface area contributed by atoms with Crippen molar-refractivity contribution in [2.45, 2.75) is 6.92 Å². The van der Waals surface area contributed by atoms with E-state index < -0.39 is 0 Å². The maximum Gasteiger partial charge on any atom is 0.166 e. The molecule has 8 nitrogen and oxygen atoms in total. The van der Waals surface area contributed by atoms with Crippen molar-refractivity contribution < 1.29 is 29.1 Å². The third-order valence-electron chi connectivity index (χ3n) is 1.17. The van der Waals surface area contributed by atoms with Crippen molar-refractivity contribution in [3.8, 4) is 0 Å². The molecule has 0 atom stereocenters. The first-order chi connectivity index (χ1) is 8.33. The van der Waals surface area contributed by atoms with Gasteiger partial charge in [-0.05, 0) is 6.92 Å². The van der Waals surface area contributed by atoms with E-state index in [9.17, 15) is 0 Å². The Balaban J connectivity index is 0. The predicted octanol–water partition coefficient (Wildman–Crippen LogP) is -0.397. The molecule has 106 valence electrons. The Hall–Kier alpha value is -0.320. The van der Waals surface area contributed by atoms with E-state index in [1.165, 1.54) is 14.2 Å². The van der Waals surface area contributed by atoms with Gasteiger partial charge in [0.25, 0.3) is 0 Å². The quantitative estimate of drug-likeness (QED) is 0.223. The summed E-state index contributed by atoms with van der Waals surface area (Å²) >= 11 is 0. The second-order valence-electron chi connectivity index (χ2n) is 2.42. The fourth-order valence-corrected chi connectivity index (χ4v) is 0.537. The van der Waals surface area contributed by atoms with E-state index in [0.717, 1.165) is 0 Å². The molecule has 17 heavy (non-hydrogen) atoms. The van der Waals surface area contributed by atoms with Gasteiger partial charge in [0.15, 0.2) is 6.79 Å². The van der Waals surface area contributed by atoms with Gasteiger partial charge in [-0.1, -0.05) is 0 Å². The molecule has 0 heterocycles. The lowest BCUT2D eigenvalue weighted by Gasteiger charge is -2.04. The number of nitrogens with one attached hydrogen (secondary N) is 1. The number of hydrogen-bond donors (Lipinski definition) is 2. The molecule has 0 aliphatic rings. The zero-order valence-corrected chi connectivity index (χ0v) is 10.8. The van der Waals surface area contributed by atoms with Crippen molar-refractivity contribution in [1.82, 2.24) is 5.48 Å². The van der Waals surface area contributed by atoms with Gasteiger partial charge in [-0.25, -0.2) is 19.6 Å². The van der Waals surface area contributed by atoms with E-state index in [2.05, 4.69) is 25.0 Å². The summed E-state index contributed by atoms with van der Waals surface area (Å²) in [7, 11) is 2.91. The third kappa shape index (κ3) is 25.7. The summed E-state index contributed by atoms with van der Waals surface area (Å²) in [4.78, 5) is 22.3. The molecule has 0 saturated heterocycles. The minimum absolute atomic E-state index is 0.253. The zero-order valence-electron chi connectivity index (χ0n) is 10.8. The Kier molecular flexibility index (Phi) is 23.5. The Morgan fingerprint density at radius 3 is 2.18 bits per heavy atom. The van der Waals surface area contributed by atoms with Gasteiger partial charge in [0.2, 0.25) is 0 Å². The SMILES string of the molecule is CCOCONCCOOC.COOCCN. The maximum absolute atomic E-state index is 5.01. The van der Waals surface area contributed by atoms with Crippen LogP contribution < -0.4 is 11.2 Å². The molecule has 0 radical (unpaired) electrons. The van der Waals surface area contributed by atoms with Crippen LogP contribution in [0.5, 0.6) is 0 Å². The lowest BCUT2D eigenvalue weighted by molar-refractivity contribution is -0.274. The van der Waals surface area contributed by atoms with Gasteiger partial charge in [-0.3, -0.25) is 4.84 Å². The van der Waals surface area contributed by atoms with Crippen LogP contribution in [0.2, 0.25) is 0 Å². The Bertz CT molecular complexity index is 108. The molecule has 0 bridgehead atoms. The molecule has 0 saturated carbocycles. The summed E-state index contributed by atoms with van der Waals surface area (Å²) < 4.78 is 4.88. The van der Waals surface area contributed by atoms with Crippen LogP contribution in [0.25, 0.3) is 0 Å². The highest BCUT2D eigenvalue weighted by atomic mass is 17.2. The van der Waals surface area contributed by atoms with Crippen molar-refractivity contribution in [3.05, 3.63) is 0 Å². The highest BCUT2D eigenvalue weighted by Gasteiger charge is 1.86. The Morgan fingerprint density at radius 1 is 1.06 bits per heavy atom. The van der Waals surface area contributed by atoms with Crippen molar-refractivity contribution in [1.29, 1.82) is 0 Å². The van der Waals surface area contributed by atoms with E-state index in [-0.39, 0.29) is 6.79 Å². The summed E-state index contributed by atoms with van der Waals surface area (Å²) in [5.74, 6) is 0. The molecule has 0 rings (SSSR count). The van der Waals surface area contributed by atoms with Crippen LogP contribution in [0.15, 0.2) is 0 Å². The lowest BCUT2D eigenvalue weighted by atomic mass is 10.7. The van der Waals surface area contributed by atoms with E-state index >= 15 is 0 Å². The lowest BCUT2D eigenvalue weighted by Crippen LogP contribution is -2.21. The number of hydrogen-bond acceptors (Lipinski definition) is 8. The largest absolute Gasteiger partial charge is 0.354 e. The minimum atomic E-state index is 0.253. The van der Waals surface area contributed by atoms with Crippen molar-refractivity contribution >= 4 is 0 Å². The molecular formula is C9H24N2O6. The molecule has 0 aromatic carbocycles. The Labute approximate surface area is 102 Å². The molecule has 0 fully saturated rings. The summed E-state index contributed by atoms with van der Waals surface area (Å²) in [6, 6.07) is 0. The van der Waals surface area contributed by atoms with Gasteiger partial charge in [-0.15, -0.1) is 0 Å². The van der Waals surface area contributed by atoms with E-state index in [1.807, 2.05) is 6.92 Å². The number of nitrogens with two attached hydrogens (primary N) is 1. The van der Waals surface area contributed by atoms with Crippen LogP contribution in [0.1, 0.15) is 6.92 Å². The summed E-state index contributed by atoms with van der Waals surface area (Å²) in [6.45, 7) is 4.80. The molecule has 0 amide bonds. The molecule has 0 spiro atoms. The molecule has 3 N–H and O–H groups in total. The topological polar surface area (TPSA) is 93.4 Å². The van der Waals surface area contributed by atoms with Crippen LogP contribution >= 0.6 is 0 Å². The van der Waals surface area contributed by atoms with E-state index in [0.29, 0.717) is 32.9 Å². The standard InChI is InChI=1S/C6H15NO4.C3H9NO2/c1-3-9-6-10-7-4-5-11-8-2;1-5-6-3-2-4/h7H,3-6H2,1-2H3;2-4H2,1H3. The highest BCUT2D eigenvalue weighted by Crippen LogP contribution is 1.74. The van der Waals surface area contributed by atoms with Crippen molar-refractivity contribution in [2.75, 3.05) is 53.9 Å². The summed E-state index contributed by atoms with van der Waals surface area (Å²) in [5.41, 5.74) is 7.63. The fourth-order valence-electron chi connectivity index (χ4n) is 0.537. The molecule has 0 aliphatic heterocycles. The second kappa shape index (κ2) is 21.0. The molecule has 8 heteroatoms. The van der Waals surface area contributed by atoms with Gasteiger partial charge in [-0.2, -0.15) is 5.48 Å². The van der Waals surface area contributed by atoms with Crippen LogP contribution in [0.3, 0.4) is 0 Å². The second-order valence-corrected chi connectivity index (χ2v) is 2.42. The average Bonchev–Trinajstić information content (AvgIpc) is 2.36. The Morgan fingerprint density at radius 2 is 1.71 bits per heavy atom. The zero-order chi connectivity index (χ0) is 13.2. The van der Waals surface area contributed by atoms with Crippen LogP contribution in [-0.2, 0) is 29.1 Å². The molecule has 0 aliphatic carbocycles. The van der Waals surface area contributed by atoms with Gasteiger partial charge >= 0.3 is 0 Å². The van der Waals surface area contributed by atoms with Crippen molar-refractivity contribution in [2.24, 2.45) is 5.73 Å². The van der Waals surface area contributed by atoms with Crippen molar-refractivity contribution in [3.63, 3.8) is 0 Å². The molecular weight excluding hydrogens is 232 g/mol. The normalized spacial score (nSPS) is 9.88. The van der Waals surface area contributed by atoms with Gasteiger partial charge in [0.05, 0.1) is 27.4 Å². The smallest absolute Gasteiger partial charge is 0.166 e. The van der Waals surface area contributed by atoms with Crippen LogP contribution in [-0.4, -0.2) is 53.9 Å². The summed E-state index contributed by atoms with van der Waals surface area (Å²) in [5, 5.41) is 0. The number of ether oxygens (including phenoxy) is 1. The van der Waals surface area contributed by atoms with Crippen LogP contribution in [0, 0.1) is 0 Å². The number of rotatable bonds is 11. The van der Waals surface area contributed by atoms with E-state index in [4.69, 9.17) is 15.3 Å². The first kappa shape index (κ1) is 19.0. The monoisotopic (exact) mass is 256 g/mol. The average molecular weight is 256 g/mol. The first-order valence-corrected chi connectivity index (χ1v) is 5.27. The summed E-state index contributed by atoms with van der Waals surface area (Å²) in [6.07, 6.45) is 0. The van der Waals surface area contributed by atoms with Gasteiger partial charge in [0.1, 0.15) is 0 Å².